The average molecular weight is 458 g/mol. The number of hydrogen-bond acceptors (Lipinski definition) is 3. The van der Waals surface area contributed by atoms with Crippen molar-refractivity contribution in [3.05, 3.63) is 91.0 Å². The van der Waals surface area contributed by atoms with E-state index in [2.05, 4.69) is 88.3 Å². The van der Waals surface area contributed by atoms with Crippen LogP contribution < -0.4 is 21.6 Å². The molecule has 0 aliphatic heterocycles. The monoisotopic (exact) mass is 457 g/mol. The predicted molar refractivity (Wildman–Crippen MR) is 124 cm³/mol. The maximum atomic E-state index is 12.0. The van der Waals surface area contributed by atoms with Crippen molar-refractivity contribution in [1.29, 1.82) is 0 Å². The number of carbonyl (C=O) groups excluding carboxylic acids is 1. The van der Waals surface area contributed by atoms with E-state index in [1.165, 1.54) is 15.9 Å². The summed E-state index contributed by atoms with van der Waals surface area (Å²) in [5.41, 5.74) is 5.68. The molecule has 0 unspecified atom stereocenters. The van der Waals surface area contributed by atoms with Crippen LogP contribution in [-0.4, -0.2) is 24.8 Å². The standard InChI is InChI=1S/C23H25BrNO2P/c1-19(25)23(26)27-17-18-28(24,20-11-5-2-6-12-20,21-13-7-3-8-14-21)22-15-9-4-10-16-22/h2-16,19H,17-18,25H2,1H3/t19-/m0/s1. The van der Waals surface area contributed by atoms with E-state index < -0.39 is 11.3 Å². The van der Waals surface area contributed by atoms with Gasteiger partial charge in [0.25, 0.3) is 0 Å². The number of benzene rings is 3. The van der Waals surface area contributed by atoms with Crippen LogP contribution in [0.4, 0.5) is 0 Å². The Bertz CT molecular complexity index is 818. The van der Waals surface area contributed by atoms with Gasteiger partial charge in [-0.25, -0.2) is 0 Å². The van der Waals surface area contributed by atoms with Crippen LogP contribution in [0.2, 0.25) is 0 Å². The van der Waals surface area contributed by atoms with Gasteiger partial charge in [-0.15, -0.1) is 0 Å². The molecule has 0 heterocycles. The second-order valence-corrected chi connectivity index (χ2v) is 15.9. The molecule has 0 saturated heterocycles. The number of halogens is 1. The van der Waals surface area contributed by atoms with E-state index in [4.69, 9.17) is 10.5 Å². The van der Waals surface area contributed by atoms with Gasteiger partial charge < -0.3 is 0 Å². The first-order valence-corrected chi connectivity index (χ1v) is 13.7. The first-order chi connectivity index (χ1) is 13.5. The van der Waals surface area contributed by atoms with Crippen molar-refractivity contribution >= 4 is 42.7 Å². The zero-order valence-corrected chi connectivity index (χ0v) is 18.4. The second kappa shape index (κ2) is 8.57. The molecule has 0 radical (unpaired) electrons. The van der Waals surface area contributed by atoms with Crippen molar-refractivity contribution in [3.63, 3.8) is 0 Å². The Morgan fingerprint density at radius 2 is 1.21 bits per heavy atom. The molecule has 0 bridgehead atoms. The van der Waals surface area contributed by atoms with Crippen molar-refractivity contribution in [2.24, 2.45) is 5.73 Å². The van der Waals surface area contributed by atoms with Crippen LogP contribution in [0.1, 0.15) is 6.92 Å². The van der Waals surface area contributed by atoms with Gasteiger partial charge >= 0.3 is 175 Å². The zero-order chi connectivity index (χ0) is 20.1. The van der Waals surface area contributed by atoms with Gasteiger partial charge in [0.05, 0.1) is 0 Å². The number of ether oxygens (including phenoxy) is 1. The van der Waals surface area contributed by atoms with Crippen molar-refractivity contribution in [2.45, 2.75) is 13.0 Å². The third-order valence-electron chi connectivity index (χ3n) is 5.01. The van der Waals surface area contributed by atoms with Crippen molar-refractivity contribution in [2.75, 3.05) is 12.8 Å². The van der Waals surface area contributed by atoms with E-state index in [0.29, 0.717) is 6.16 Å². The van der Waals surface area contributed by atoms with Gasteiger partial charge in [0.2, 0.25) is 0 Å². The topological polar surface area (TPSA) is 52.3 Å². The summed E-state index contributed by atoms with van der Waals surface area (Å²) in [6.07, 6.45) is 0.641. The third kappa shape index (κ3) is 3.77. The summed E-state index contributed by atoms with van der Waals surface area (Å²) in [6.45, 7) is 1.92. The Labute approximate surface area is 174 Å². The maximum absolute atomic E-state index is 12.0. The molecule has 2 N–H and O–H groups in total. The summed E-state index contributed by atoms with van der Waals surface area (Å²) in [6, 6.07) is 30.7. The number of carbonyl (C=O) groups is 1. The summed E-state index contributed by atoms with van der Waals surface area (Å²) in [7, 11) is 0. The van der Waals surface area contributed by atoms with E-state index in [1.807, 2.05) is 18.2 Å². The summed E-state index contributed by atoms with van der Waals surface area (Å²) in [4.78, 5) is 12.0. The fourth-order valence-electron chi connectivity index (χ4n) is 3.50. The Hall–Kier alpha value is -2.00. The van der Waals surface area contributed by atoms with Crippen LogP contribution in [0, 0.1) is 0 Å². The quantitative estimate of drug-likeness (QED) is 0.434. The average Bonchev–Trinajstić information content (AvgIpc) is 2.75. The molecule has 3 aromatic rings. The third-order valence-corrected chi connectivity index (χ3v) is 14.9. The fourth-order valence-corrected chi connectivity index (χ4v) is 10.5. The van der Waals surface area contributed by atoms with Crippen molar-refractivity contribution in [3.8, 4) is 0 Å². The molecule has 0 aliphatic rings. The fraction of sp³-hybridized carbons (Fsp3) is 0.174. The van der Waals surface area contributed by atoms with Gasteiger partial charge in [-0.1, -0.05) is 0 Å². The van der Waals surface area contributed by atoms with Gasteiger partial charge in [-0.2, -0.15) is 0 Å². The molecule has 146 valence electrons. The molecule has 5 heteroatoms. The number of nitrogens with two attached hydrogens (primary N) is 1. The molecular formula is C23H25BrNO2P. The summed E-state index contributed by atoms with van der Waals surface area (Å²) < 4.78 is 5.53. The molecule has 0 aromatic heterocycles. The minimum absolute atomic E-state index is 0.280. The first-order valence-electron chi connectivity index (χ1n) is 9.28. The van der Waals surface area contributed by atoms with Crippen LogP contribution in [0.3, 0.4) is 0 Å². The Kier molecular flexibility index (Phi) is 6.34. The molecular weight excluding hydrogens is 433 g/mol. The van der Waals surface area contributed by atoms with Crippen molar-refractivity contribution in [1.82, 2.24) is 0 Å². The number of esters is 1. The van der Waals surface area contributed by atoms with Gasteiger partial charge in [-0.05, 0) is 0 Å². The molecule has 1 atom stereocenters. The molecule has 3 rings (SSSR count). The van der Waals surface area contributed by atoms with Gasteiger partial charge in [-0.3, -0.25) is 0 Å². The van der Waals surface area contributed by atoms with E-state index in [0.717, 1.165) is 0 Å². The molecule has 3 nitrogen and oxygen atoms in total. The van der Waals surface area contributed by atoms with E-state index in [9.17, 15) is 4.79 Å². The zero-order valence-electron chi connectivity index (χ0n) is 15.9. The SMILES string of the molecule is C[C@H](N)C(=O)OCCP(Br)(c1ccccc1)(c1ccccc1)c1ccccc1. The predicted octanol–water partition coefficient (Wildman–Crippen LogP) is 3.72. The first kappa shape index (κ1) is 20.7. The molecule has 28 heavy (non-hydrogen) atoms. The van der Waals surface area contributed by atoms with Gasteiger partial charge in [0.15, 0.2) is 0 Å². The van der Waals surface area contributed by atoms with Crippen LogP contribution in [0.5, 0.6) is 0 Å². The van der Waals surface area contributed by atoms with Crippen LogP contribution >= 0.6 is 20.8 Å². The Morgan fingerprint density at radius 3 is 1.54 bits per heavy atom. The summed E-state index contributed by atoms with van der Waals surface area (Å²) >= 11 is 4.31. The summed E-state index contributed by atoms with van der Waals surface area (Å²) in [5.74, 6) is -0.383. The normalized spacial score (nSPS) is 13.9. The van der Waals surface area contributed by atoms with E-state index in [-0.39, 0.29) is 12.6 Å². The molecule has 3 aromatic carbocycles. The minimum atomic E-state index is -3.04. The molecule has 0 aliphatic carbocycles. The molecule has 0 amide bonds. The van der Waals surface area contributed by atoms with Crippen LogP contribution in [0.15, 0.2) is 91.0 Å². The molecule has 0 saturated carbocycles. The van der Waals surface area contributed by atoms with Crippen LogP contribution in [0.25, 0.3) is 0 Å². The Morgan fingerprint density at radius 1 is 0.857 bits per heavy atom. The molecule has 0 spiro atoms. The Balaban J connectivity index is 2.20. The van der Waals surface area contributed by atoms with Crippen LogP contribution in [-0.2, 0) is 9.53 Å². The number of hydrogen-bond donors (Lipinski definition) is 1. The second-order valence-electron chi connectivity index (χ2n) is 6.87. The van der Waals surface area contributed by atoms with E-state index in [1.54, 1.807) is 6.92 Å². The van der Waals surface area contributed by atoms with Gasteiger partial charge in [0.1, 0.15) is 0 Å². The number of rotatable bonds is 7. The van der Waals surface area contributed by atoms with Crippen molar-refractivity contribution < 1.29 is 9.53 Å². The summed E-state index contributed by atoms with van der Waals surface area (Å²) in [5, 5.41) is 0.548. The van der Waals surface area contributed by atoms with Gasteiger partial charge in [0, 0.05) is 0 Å². The molecule has 0 fully saturated rings. The van der Waals surface area contributed by atoms with E-state index >= 15 is 0 Å².